The van der Waals surface area contributed by atoms with E-state index in [1.54, 1.807) is 13.0 Å². The van der Waals surface area contributed by atoms with E-state index in [0.717, 1.165) is 24.2 Å². The van der Waals surface area contributed by atoms with Crippen molar-refractivity contribution in [3.05, 3.63) is 23.3 Å². The number of hydrogen-bond donors (Lipinski definition) is 1. The number of carbonyl (C=O) groups excluding carboxylic acids is 2. The number of ether oxygens (including phenoxy) is 2. The van der Waals surface area contributed by atoms with E-state index >= 15 is 0 Å². The van der Waals surface area contributed by atoms with Crippen molar-refractivity contribution >= 4 is 11.9 Å². The van der Waals surface area contributed by atoms with Gasteiger partial charge in [0.15, 0.2) is 0 Å². The Balaban J connectivity index is 1.33. The molecule has 3 fully saturated rings. The first-order chi connectivity index (χ1) is 13.4. The number of benzene rings is 1. The van der Waals surface area contributed by atoms with E-state index in [1.807, 2.05) is 13.0 Å². The van der Waals surface area contributed by atoms with Gasteiger partial charge in [0.25, 0.3) is 5.91 Å². The minimum Gasteiger partial charge on any atom is -0.492 e. The standard InChI is InChI=1S/C21H23N3O4/c1-3-20(2)18(25)24(19(26)23-20)13-8-14(9-13)28-17-12(10-22)4-5-15-16(17)21(6-7-21)11-27-15/h4-5,13-14H,3,6-9,11H2,1-2H3,(H,23,26)/t13?,14?,20-/m0/s1. The summed E-state index contributed by atoms with van der Waals surface area (Å²) in [5.41, 5.74) is 0.748. The first-order valence-electron chi connectivity index (χ1n) is 9.93. The highest BCUT2D eigenvalue weighted by molar-refractivity contribution is 6.07. The van der Waals surface area contributed by atoms with Crippen LogP contribution in [0.3, 0.4) is 0 Å². The number of hydrogen-bond acceptors (Lipinski definition) is 5. The van der Waals surface area contributed by atoms with Gasteiger partial charge in [-0.2, -0.15) is 5.26 Å². The fraction of sp³-hybridized carbons (Fsp3) is 0.571. The second-order valence-electron chi connectivity index (χ2n) is 8.65. The molecule has 3 amide bonds. The highest BCUT2D eigenvalue weighted by Crippen LogP contribution is 2.59. The minimum absolute atomic E-state index is 0.00835. The maximum Gasteiger partial charge on any atom is 0.325 e. The zero-order valence-corrected chi connectivity index (χ0v) is 16.1. The number of nitrogens with one attached hydrogen (secondary N) is 1. The molecule has 146 valence electrons. The van der Waals surface area contributed by atoms with Gasteiger partial charge < -0.3 is 14.8 Å². The highest BCUT2D eigenvalue weighted by atomic mass is 16.5. The predicted molar refractivity (Wildman–Crippen MR) is 99.1 cm³/mol. The van der Waals surface area contributed by atoms with Crippen LogP contribution in [0.1, 0.15) is 57.1 Å². The summed E-state index contributed by atoms with van der Waals surface area (Å²) >= 11 is 0. The fourth-order valence-corrected chi connectivity index (χ4v) is 4.52. The number of nitriles is 1. The summed E-state index contributed by atoms with van der Waals surface area (Å²) in [6.45, 7) is 4.31. The molecular weight excluding hydrogens is 358 g/mol. The van der Waals surface area contributed by atoms with Gasteiger partial charge in [-0.15, -0.1) is 0 Å². The van der Waals surface area contributed by atoms with Crippen LogP contribution in [0.2, 0.25) is 0 Å². The summed E-state index contributed by atoms with van der Waals surface area (Å²) < 4.78 is 12.1. The molecule has 1 aromatic carbocycles. The summed E-state index contributed by atoms with van der Waals surface area (Å²) in [5, 5.41) is 12.3. The van der Waals surface area contributed by atoms with Gasteiger partial charge in [0.1, 0.15) is 29.2 Å². The third-order valence-corrected chi connectivity index (χ3v) is 6.85. The maximum atomic E-state index is 12.7. The molecule has 1 N–H and O–H groups in total. The van der Waals surface area contributed by atoms with Crippen molar-refractivity contribution in [1.82, 2.24) is 10.2 Å². The third kappa shape index (κ3) is 2.27. The summed E-state index contributed by atoms with van der Waals surface area (Å²) in [5.74, 6) is 1.29. The molecule has 0 bridgehead atoms. The highest BCUT2D eigenvalue weighted by Gasteiger charge is 2.55. The van der Waals surface area contributed by atoms with Gasteiger partial charge in [-0.05, 0) is 38.3 Å². The van der Waals surface area contributed by atoms with E-state index in [2.05, 4.69) is 11.4 Å². The zero-order valence-electron chi connectivity index (χ0n) is 16.1. The molecule has 28 heavy (non-hydrogen) atoms. The number of urea groups is 1. The van der Waals surface area contributed by atoms with Crippen molar-refractivity contribution in [3.63, 3.8) is 0 Å². The molecule has 2 aliphatic carbocycles. The Morgan fingerprint density at radius 2 is 2.11 bits per heavy atom. The van der Waals surface area contributed by atoms with Crippen LogP contribution in [0.4, 0.5) is 4.79 Å². The van der Waals surface area contributed by atoms with Crippen LogP contribution < -0.4 is 14.8 Å². The van der Waals surface area contributed by atoms with Gasteiger partial charge in [0.05, 0.1) is 12.2 Å². The van der Waals surface area contributed by atoms with E-state index in [0.29, 0.717) is 37.2 Å². The molecule has 0 radical (unpaired) electrons. The predicted octanol–water partition coefficient (Wildman–Crippen LogP) is 2.61. The lowest BCUT2D eigenvalue weighted by Crippen LogP contribution is -2.53. The molecule has 5 rings (SSSR count). The quantitative estimate of drug-likeness (QED) is 0.810. The van der Waals surface area contributed by atoms with Crippen molar-refractivity contribution in [2.45, 2.75) is 69.1 Å². The van der Waals surface area contributed by atoms with Gasteiger partial charge in [-0.3, -0.25) is 9.69 Å². The Kier molecular flexibility index (Phi) is 3.49. The van der Waals surface area contributed by atoms with Crippen molar-refractivity contribution < 1.29 is 19.1 Å². The van der Waals surface area contributed by atoms with Crippen molar-refractivity contribution in [3.8, 4) is 17.6 Å². The van der Waals surface area contributed by atoms with E-state index in [4.69, 9.17) is 9.47 Å². The molecule has 1 saturated heterocycles. The van der Waals surface area contributed by atoms with E-state index in [-0.39, 0.29) is 29.5 Å². The van der Waals surface area contributed by atoms with Crippen molar-refractivity contribution in [1.29, 1.82) is 5.26 Å². The molecular formula is C21H23N3O4. The van der Waals surface area contributed by atoms with Crippen molar-refractivity contribution in [2.24, 2.45) is 0 Å². The third-order valence-electron chi connectivity index (χ3n) is 6.85. The molecule has 4 aliphatic rings. The Labute approximate surface area is 163 Å². The Morgan fingerprint density at radius 3 is 2.71 bits per heavy atom. The summed E-state index contributed by atoms with van der Waals surface area (Å²) in [6.07, 6.45) is 3.72. The van der Waals surface area contributed by atoms with Crippen molar-refractivity contribution in [2.75, 3.05) is 6.61 Å². The summed E-state index contributed by atoms with van der Waals surface area (Å²) in [7, 11) is 0. The topological polar surface area (TPSA) is 91.7 Å². The first kappa shape index (κ1) is 17.4. The second kappa shape index (κ2) is 5.63. The van der Waals surface area contributed by atoms with Crippen LogP contribution in [0.25, 0.3) is 0 Å². The summed E-state index contributed by atoms with van der Waals surface area (Å²) in [4.78, 5) is 26.3. The molecule has 1 spiro atoms. The molecule has 1 atom stereocenters. The molecule has 0 aromatic heterocycles. The fourth-order valence-electron chi connectivity index (χ4n) is 4.52. The van der Waals surface area contributed by atoms with Gasteiger partial charge >= 0.3 is 6.03 Å². The number of nitrogens with zero attached hydrogens (tertiary/aromatic N) is 2. The average molecular weight is 381 g/mol. The molecule has 0 unspecified atom stereocenters. The Morgan fingerprint density at radius 1 is 1.36 bits per heavy atom. The lowest BCUT2D eigenvalue weighted by molar-refractivity contribution is -0.135. The van der Waals surface area contributed by atoms with Gasteiger partial charge in [-0.1, -0.05) is 6.92 Å². The van der Waals surface area contributed by atoms with Crippen LogP contribution in [-0.4, -0.2) is 41.1 Å². The van der Waals surface area contributed by atoms with Gasteiger partial charge in [0, 0.05) is 29.9 Å². The van der Waals surface area contributed by atoms with Crippen LogP contribution >= 0.6 is 0 Å². The number of imide groups is 1. The van der Waals surface area contributed by atoms with E-state index in [1.165, 1.54) is 4.90 Å². The number of rotatable bonds is 4. The van der Waals surface area contributed by atoms with E-state index < -0.39 is 5.54 Å². The number of amides is 3. The Hall–Kier alpha value is -2.75. The van der Waals surface area contributed by atoms with E-state index in [9.17, 15) is 14.9 Å². The van der Waals surface area contributed by atoms with Crippen LogP contribution in [0, 0.1) is 11.3 Å². The molecule has 7 nitrogen and oxygen atoms in total. The largest absolute Gasteiger partial charge is 0.492 e. The first-order valence-corrected chi connectivity index (χ1v) is 9.93. The Bertz CT molecular complexity index is 926. The molecule has 2 heterocycles. The monoisotopic (exact) mass is 381 g/mol. The molecule has 2 saturated carbocycles. The smallest absolute Gasteiger partial charge is 0.325 e. The lowest BCUT2D eigenvalue weighted by Gasteiger charge is -2.40. The molecule has 7 heteroatoms. The average Bonchev–Trinajstić information content (AvgIpc) is 3.28. The molecule has 1 aromatic rings. The number of fused-ring (bicyclic) bond motifs is 2. The zero-order chi connectivity index (χ0) is 19.7. The van der Waals surface area contributed by atoms with Gasteiger partial charge in [0.2, 0.25) is 0 Å². The normalized spacial score (nSPS) is 31.7. The number of carbonyl (C=O) groups is 2. The lowest BCUT2D eigenvalue weighted by atomic mass is 9.86. The molecule has 2 aliphatic heterocycles. The maximum absolute atomic E-state index is 12.7. The summed E-state index contributed by atoms with van der Waals surface area (Å²) in [6, 6.07) is 5.37. The second-order valence-corrected chi connectivity index (χ2v) is 8.65. The van der Waals surface area contributed by atoms with Crippen LogP contribution in [0.5, 0.6) is 11.5 Å². The van der Waals surface area contributed by atoms with Crippen LogP contribution in [0.15, 0.2) is 12.1 Å². The van der Waals surface area contributed by atoms with Crippen LogP contribution in [-0.2, 0) is 10.2 Å². The van der Waals surface area contributed by atoms with Gasteiger partial charge in [-0.25, -0.2) is 4.79 Å². The SMILES string of the molecule is CC[C@]1(C)NC(=O)N(C2CC(Oc3c(C#N)ccc4c3C3(CC3)CO4)C2)C1=O. The minimum atomic E-state index is -0.813.